The second-order valence-electron chi connectivity index (χ2n) is 2.99. The Bertz CT molecular complexity index is 275. The summed E-state index contributed by atoms with van der Waals surface area (Å²) in [5.41, 5.74) is 2.89. The van der Waals surface area contributed by atoms with Gasteiger partial charge in [-0.25, -0.2) is 4.31 Å². The van der Waals surface area contributed by atoms with Crippen LogP contribution in [0.5, 0.6) is 0 Å². The van der Waals surface area contributed by atoms with Gasteiger partial charge >= 0.3 is 0 Å². The fraction of sp³-hybridized carbons (Fsp3) is 0.333. The SMILES string of the molecule is NSN1CCc2ccccc2C1. The maximum Gasteiger partial charge on any atom is 0.0355 e. The van der Waals surface area contributed by atoms with E-state index < -0.39 is 0 Å². The number of nitrogens with two attached hydrogens (primary N) is 1. The highest BCUT2D eigenvalue weighted by Crippen LogP contribution is 2.20. The monoisotopic (exact) mass is 180 g/mol. The number of fused-ring (bicyclic) bond motifs is 1. The summed E-state index contributed by atoms with van der Waals surface area (Å²) >= 11 is 1.34. The Labute approximate surface area is 77.0 Å². The first-order chi connectivity index (χ1) is 5.90. The molecule has 1 aromatic rings. The Hall–Kier alpha value is -0.510. The van der Waals surface area contributed by atoms with E-state index in [0.717, 1.165) is 19.5 Å². The highest BCUT2D eigenvalue weighted by atomic mass is 32.2. The zero-order chi connectivity index (χ0) is 8.39. The first kappa shape index (κ1) is 8.10. The van der Waals surface area contributed by atoms with Crippen LogP contribution in [0.3, 0.4) is 0 Å². The van der Waals surface area contributed by atoms with Gasteiger partial charge in [-0.3, -0.25) is 5.14 Å². The molecule has 0 atom stereocenters. The Morgan fingerprint density at radius 3 is 2.75 bits per heavy atom. The van der Waals surface area contributed by atoms with E-state index in [4.69, 9.17) is 5.14 Å². The summed E-state index contributed by atoms with van der Waals surface area (Å²) in [6, 6.07) is 8.57. The summed E-state index contributed by atoms with van der Waals surface area (Å²) in [4.78, 5) is 0. The summed E-state index contributed by atoms with van der Waals surface area (Å²) < 4.78 is 2.18. The molecule has 1 heterocycles. The summed E-state index contributed by atoms with van der Waals surface area (Å²) in [5, 5.41) is 5.50. The van der Waals surface area contributed by atoms with E-state index in [1.807, 2.05) is 0 Å². The van der Waals surface area contributed by atoms with E-state index in [2.05, 4.69) is 28.6 Å². The molecule has 3 heteroatoms. The Morgan fingerprint density at radius 1 is 1.25 bits per heavy atom. The van der Waals surface area contributed by atoms with Crippen LogP contribution in [0.4, 0.5) is 0 Å². The third-order valence-corrected chi connectivity index (χ3v) is 2.85. The van der Waals surface area contributed by atoms with Crippen molar-refractivity contribution in [2.24, 2.45) is 5.14 Å². The Balaban J connectivity index is 2.23. The molecule has 64 valence electrons. The highest BCUT2D eigenvalue weighted by molar-refractivity contribution is 7.94. The molecule has 0 bridgehead atoms. The molecule has 1 aliphatic heterocycles. The average Bonchev–Trinajstić information content (AvgIpc) is 2.17. The van der Waals surface area contributed by atoms with Gasteiger partial charge in [-0.15, -0.1) is 0 Å². The molecule has 0 spiro atoms. The normalized spacial score (nSPS) is 17.4. The minimum Gasteiger partial charge on any atom is -0.264 e. The lowest BCUT2D eigenvalue weighted by Crippen LogP contribution is -2.25. The van der Waals surface area contributed by atoms with Gasteiger partial charge in [0, 0.05) is 25.2 Å². The van der Waals surface area contributed by atoms with Crippen molar-refractivity contribution in [3.63, 3.8) is 0 Å². The van der Waals surface area contributed by atoms with Crippen molar-refractivity contribution in [1.82, 2.24) is 4.31 Å². The lowest BCUT2D eigenvalue weighted by atomic mass is 10.0. The predicted octanol–water partition coefficient (Wildman–Crippen LogP) is 1.57. The van der Waals surface area contributed by atoms with E-state index in [9.17, 15) is 0 Å². The number of hydrogen-bond acceptors (Lipinski definition) is 3. The average molecular weight is 180 g/mol. The van der Waals surface area contributed by atoms with Gasteiger partial charge in [-0.05, 0) is 17.5 Å². The molecule has 2 N–H and O–H groups in total. The molecule has 0 saturated carbocycles. The first-order valence-electron chi connectivity index (χ1n) is 4.09. The quantitative estimate of drug-likeness (QED) is 0.665. The van der Waals surface area contributed by atoms with Gasteiger partial charge in [0.25, 0.3) is 0 Å². The van der Waals surface area contributed by atoms with Crippen LogP contribution in [-0.2, 0) is 13.0 Å². The molecule has 0 unspecified atom stereocenters. The molecule has 2 nitrogen and oxygen atoms in total. The molecular weight excluding hydrogens is 168 g/mol. The number of nitrogens with zero attached hydrogens (tertiary/aromatic N) is 1. The molecule has 2 rings (SSSR count). The standard InChI is InChI=1S/C9H12N2S/c10-12-11-6-5-8-3-1-2-4-9(8)7-11/h1-4H,5-7,10H2. The van der Waals surface area contributed by atoms with Crippen molar-refractivity contribution in [2.75, 3.05) is 6.54 Å². The maximum atomic E-state index is 5.50. The second-order valence-corrected chi connectivity index (χ2v) is 3.71. The van der Waals surface area contributed by atoms with E-state index >= 15 is 0 Å². The van der Waals surface area contributed by atoms with Gasteiger partial charge in [0.2, 0.25) is 0 Å². The van der Waals surface area contributed by atoms with E-state index in [1.165, 1.54) is 23.3 Å². The second kappa shape index (κ2) is 3.47. The fourth-order valence-corrected chi connectivity index (χ4v) is 1.97. The number of rotatable bonds is 1. The van der Waals surface area contributed by atoms with E-state index in [-0.39, 0.29) is 0 Å². The number of benzene rings is 1. The molecule has 0 radical (unpaired) electrons. The Kier molecular flexibility index (Phi) is 2.35. The van der Waals surface area contributed by atoms with Crippen molar-refractivity contribution in [3.05, 3.63) is 35.4 Å². The topological polar surface area (TPSA) is 29.3 Å². The minimum absolute atomic E-state index is 0.983. The van der Waals surface area contributed by atoms with Crippen molar-refractivity contribution in [1.29, 1.82) is 0 Å². The van der Waals surface area contributed by atoms with Crippen LogP contribution in [-0.4, -0.2) is 10.8 Å². The van der Waals surface area contributed by atoms with E-state index in [1.54, 1.807) is 0 Å². The summed E-state index contributed by atoms with van der Waals surface area (Å²) in [6.45, 7) is 2.05. The first-order valence-corrected chi connectivity index (χ1v) is 4.92. The fourth-order valence-electron chi connectivity index (χ4n) is 1.56. The van der Waals surface area contributed by atoms with Crippen LogP contribution >= 0.6 is 12.1 Å². The van der Waals surface area contributed by atoms with E-state index in [0.29, 0.717) is 0 Å². The zero-order valence-corrected chi connectivity index (χ0v) is 7.68. The molecule has 12 heavy (non-hydrogen) atoms. The van der Waals surface area contributed by atoms with Crippen LogP contribution < -0.4 is 5.14 Å². The van der Waals surface area contributed by atoms with Crippen LogP contribution in [0.25, 0.3) is 0 Å². The van der Waals surface area contributed by atoms with Crippen LogP contribution in [0.15, 0.2) is 24.3 Å². The maximum absolute atomic E-state index is 5.50. The van der Waals surface area contributed by atoms with Crippen LogP contribution in [0.2, 0.25) is 0 Å². The van der Waals surface area contributed by atoms with Gasteiger partial charge in [0.1, 0.15) is 0 Å². The minimum atomic E-state index is 0.983. The van der Waals surface area contributed by atoms with Gasteiger partial charge in [-0.1, -0.05) is 24.3 Å². The van der Waals surface area contributed by atoms with Crippen LogP contribution in [0, 0.1) is 0 Å². The third kappa shape index (κ3) is 1.48. The molecule has 1 aromatic carbocycles. The van der Waals surface area contributed by atoms with Gasteiger partial charge in [0.15, 0.2) is 0 Å². The summed E-state index contributed by atoms with van der Waals surface area (Å²) in [6.07, 6.45) is 1.13. The van der Waals surface area contributed by atoms with Gasteiger partial charge in [0.05, 0.1) is 0 Å². The number of hydrogen-bond donors (Lipinski definition) is 1. The van der Waals surface area contributed by atoms with Crippen molar-refractivity contribution >= 4 is 12.1 Å². The van der Waals surface area contributed by atoms with Crippen molar-refractivity contribution in [3.8, 4) is 0 Å². The molecular formula is C9H12N2S. The third-order valence-electron chi connectivity index (χ3n) is 2.24. The zero-order valence-electron chi connectivity index (χ0n) is 6.86. The molecule has 0 aromatic heterocycles. The van der Waals surface area contributed by atoms with Crippen molar-refractivity contribution in [2.45, 2.75) is 13.0 Å². The highest BCUT2D eigenvalue weighted by Gasteiger charge is 2.14. The molecule has 0 amide bonds. The smallest absolute Gasteiger partial charge is 0.0355 e. The molecule has 0 fully saturated rings. The lowest BCUT2D eigenvalue weighted by Gasteiger charge is -2.25. The molecule has 0 aliphatic carbocycles. The van der Waals surface area contributed by atoms with Gasteiger partial charge in [-0.2, -0.15) is 0 Å². The Morgan fingerprint density at radius 2 is 2.00 bits per heavy atom. The van der Waals surface area contributed by atoms with Gasteiger partial charge < -0.3 is 0 Å². The molecule has 0 saturated heterocycles. The van der Waals surface area contributed by atoms with Crippen molar-refractivity contribution < 1.29 is 0 Å². The van der Waals surface area contributed by atoms with Crippen LogP contribution in [0.1, 0.15) is 11.1 Å². The largest absolute Gasteiger partial charge is 0.264 e. The predicted molar refractivity (Wildman–Crippen MR) is 52.3 cm³/mol. The summed E-state index contributed by atoms with van der Waals surface area (Å²) in [5.74, 6) is 0. The molecule has 1 aliphatic rings. The lowest BCUT2D eigenvalue weighted by molar-refractivity contribution is 0.444. The summed E-state index contributed by atoms with van der Waals surface area (Å²) in [7, 11) is 0.